The Morgan fingerprint density at radius 1 is 1.47 bits per heavy atom. The Bertz CT molecular complexity index is 313. The molecule has 1 atom stereocenters. The van der Waals surface area contributed by atoms with E-state index in [0.29, 0.717) is 12.6 Å². The highest BCUT2D eigenvalue weighted by molar-refractivity contribution is 5.38. The summed E-state index contributed by atoms with van der Waals surface area (Å²) in [6.45, 7) is 6.08. The van der Waals surface area contributed by atoms with Crippen molar-refractivity contribution in [1.82, 2.24) is 10.3 Å². The smallest absolute Gasteiger partial charge is 0.128 e. The number of rotatable bonds is 7. The fourth-order valence-electron chi connectivity index (χ4n) is 1.62. The van der Waals surface area contributed by atoms with Gasteiger partial charge in [0.05, 0.1) is 6.61 Å². The van der Waals surface area contributed by atoms with Crippen LogP contribution in [0, 0.1) is 0 Å². The highest BCUT2D eigenvalue weighted by Gasteiger charge is 2.06. The van der Waals surface area contributed by atoms with Gasteiger partial charge in [0.1, 0.15) is 5.82 Å². The molecule has 0 saturated heterocycles. The van der Waals surface area contributed by atoms with Crippen molar-refractivity contribution in [2.24, 2.45) is 0 Å². The second-order valence-electron chi connectivity index (χ2n) is 4.27. The van der Waals surface area contributed by atoms with Crippen molar-refractivity contribution in [2.45, 2.75) is 26.3 Å². The predicted octanol–water partition coefficient (Wildman–Crippen LogP) is 1.57. The molecule has 0 saturated carbocycles. The average molecular weight is 237 g/mol. The zero-order valence-electron chi connectivity index (χ0n) is 11.0. The second-order valence-corrected chi connectivity index (χ2v) is 4.27. The summed E-state index contributed by atoms with van der Waals surface area (Å²) in [4.78, 5) is 6.34. The topological polar surface area (TPSA) is 48.4 Å². The Balaban J connectivity index is 2.60. The minimum absolute atomic E-state index is 0.147. The van der Waals surface area contributed by atoms with Gasteiger partial charge in [0, 0.05) is 25.8 Å². The molecule has 0 bridgehead atoms. The maximum Gasteiger partial charge on any atom is 0.128 e. The fourth-order valence-corrected chi connectivity index (χ4v) is 1.62. The van der Waals surface area contributed by atoms with E-state index in [1.807, 2.05) is 24.2 Å². The van der Waals surface area contributed by atoms with Crippen LogP contribution >= 0.6 is 0 Å². The van der Waals surface area contributed by atoms with Crippen LogP contribution in [-0.4, -0.2) is 36.8 Å². The molecule has 1 rings (SSSR count). The van der Waals surface area contributed by atoms with Crippen molar-refractivity contribution in [2.75, 3.05) is 31.6 Å². The van der Waals surface area contributed by atoms with Crippen LogP contribution < -0.4 is 10.2 Å². The van der Waals surface area contributed by atoms with E-state index in [0.717, 1.165) is 18.8 Å². The van der Waals surface area contributed by atoms with Gasteiger partial charge in [0.2, 0.25) is 0 Å². The number of hydrogen-bond donors (Lipinski definition) is 2. The van der Waals surface area contributed by atoms with E-state index in [2.05, 4.69) is 30.2 Å². The molecule has 4 heteroatoms. The summed E-state index contributed by atoms with van der Waals surface area (Å²) >= 11 is 0. The van der Waals surface area contributed by atoms with E-state index < -0.39 is 0 Å². The van der Waals surface area contributed by atoms with Gasteiger partial charge in [-0.05, 0) is 31.5 Å². The van der Waals surface area contributed by atoms with Gasteiger partial charge in [-0.25, -0.2) is 4.98 Å². The van der Waals surface area contributed by atoms with Gasteiger partial charge >= 0.3 is 0 Å². The number of aliphatic hydroxyl groups is 1. The van der Waals surface area contributed by atoms with Crippen LogP contribution in [0.5, 0.6) is 0 Å². The molecule has 0 aliphatic rings. The summed E-state index contributed by atoms with van der Waals surface area (Å²) in [6.07, 6.45) is 3.03. The fraction of sp³-hybridized carbons (Fsp3) is 0.615. The minimum atomic E-state index is 0.147. The summed E-state index contributed by atoms with van der Waals surface area (Å²) in [5.74, 6) is 0.894. The molecule has 1 heterocycles. The predicted molar refractivity (Wildman–Crippen MR) is 71.3 cm³/mol. The zero-order valence-corrected chi connectivity index (χ0v) is 11.0. The van der Waals surface area contributed by atoms with Crippen LogP contribution in [0.15, 0.2) is 18.3 Å². The highest BCUT2D eigenvalue weighted by atomic mass is 16.3. The van der Waals surface area contributed by atoms with Gasteiger partial charge in [-0.3, -0.25) is 0 Å². The first kappa shape index (κ1) is 13.9. The first-order valence-electron chi connectivity index (χ1n) is 6.20. The van der Waals surface area contributed by atoms with Crippen LogP contribution in [0.25, 0.3) is 0 Å². The van der Waals surface area contributed by atoms with Gasteiger partial charge < -0.3 is 15.3 Å². The summed E-state index contributed by atoms with van der Waals surface area (Å²) in [6, 6.07) is 4.42. The van der Waals surface area contributed by atoms with Crippen molar-refractivity contribution >= 4 is 5.82 Å². The average Bonchev–Trinajstić information content (AvgIpc) is 2.36. The number of pyridine rings is 1. The first-order valence-corrected chi connectivity index (χ1v) is 6.20. The van der Waals surface area contributed by atoms with Gasteiger partial charge in [0.15, 0.2) is 0 Å². The third kappa shape index (κ3) is 4.32. The molecular formula is C13H23N3O. The molecule has 4 nitrogen and oxygen atoms in total. The number of nitrogens with one attached hydrogen (secondary N) is 1. The monoisotopic (exact) mass is 237 g/mol. The molecule has 0 amide bonds. The van der Waals surface area contributed by atoms with Crippen LogP contribution in [0.3, 0.4) is 0 Å². The van der Waals surface area contributed by atoms with E-state index in [4.69, 9.17) is 5.11 Å². The van der Waals surface area contributed by atoms with Crippen molar-refractivity contribution in [1.29, 1.82) is 0 Å². The van der Waals surface area contributed by atoms with Crippen LogP contribution in [-0.2, 0) is 0 Å². The van der Waals surface area contributed by atoms with E-state index in [-0.39, 0.29) is 6.61 Å². The Morgan fingerprint density at radius 2 is 2.24 bits per heavy atom. The van der Waals surface area contributed by atoms with Crippen LogP contribution in [0.1, 0.15) is 31.9 Å². The number of aromatic nitrogens is 1. The number of anilines is 1. The zero-order chi connectivity index (χ0) is 12.7. The lowest BCUT2D eigenvalue weighted by atomic mass is 10.1. The van der Waals surface area contributed by atoms with Gasteiger partial charge in [-0.15, -0.1) is 0 Å². The van der Waals surface area contributed by atoms with Gasteiger partial charge in [-0.2, -0.15) is 0 Å². The lowest BCUT2D eigenvalue weighted by molar-refractivity contribution is 0.304. The quantitative estimate of drug-likeness (QED) is 0.756. The number of nitrogens with zero attached hydrogens (tertiary/aromatic N) is 2. The van der Waals surface area contributed by atoms with E-state index in [1.54, 1.807) is 0 Å². The molecular weight excluding hydrogens is 214 g/mol. The lowest BCUT2D eigenvalue weighted by Gasteiger charge is -2.18. The first-order chi connectivity index (χ1) is 8.19. The van der Waals surface area contributed by atoms with E-state index in [1.165, 1.54) is 5.56 Å². The summed E-state index contributed by atoms with van der Waals surface area (Å²) in [5.41, 5.74) is 1.19. The third-order valence-electron chi connectivity index (χ3n) is 2.80. The van der Waals surface area contributed by atoms with Crippen molar-refractivity contribution < 1.29 is 5.11 Å². The molecule has 0 aliphatic heterocycles. The normalized spacial score (nSPS) is 12.5. The molecule has 1 aromatic heterocycles. The van der Waals surface area contributed by atoms with Crippen molar-refractivity contribution in [3.63, 3.8) is 0 Å². The van der Waals surface area contributed by atoms with Crippen LogP contribution in [0.4, 0.5) is 5.82 Å². The van der Waals surface area contributed by atoms with Crippen molar-refractivity contribution in [3.05, 3.63) is 23.9 Å². The number of aliphatic hydroxyl groups excluding tert-OH is 1. The Kier molecular flexibility index (Phi) is 5.94. The molecule has 1 unspecified atom stereocenters. The number of likely N-dealkylation sites (N-methyl/N-ethyl adjacent to an activating group) is 1. The Labute approximate surface area is 104 Å². The molecule has 96 valence electrons. The SMILES string of the molecule is CCCNC(C)c1ccc(N(C)CCO)nc1. The third-order valence-corrected chi connectivity index (χ3v) is 2.80. The molecule has 0 spiro atoms. The Morgan fingerprint density at radius 3 is 2.76 bits per heavy atom. The molecule has 17 heavy (non-hydrogen) atoms. The Hall–Kier alpha value is -1.13. The molecule has 0 radical (unpaired) electrons. The standard InChI is InChI=1S/C13H23N3O/c1-4-7-14-11(2)12-5-6-13(15-10-12)16(3)8-9-17/h5-6,10-11,14,17H,4,7-9H2,1-3H3. The van der Waals surface area contributed by atoms with Crippen molar-refractivity contribution in [3.8, 4) is 0 Å². The summed E-state index contributed by atoms with van der Waals surface area (Å²) < 4.78 is 0. The van der Waals surface area contributed by atoms with Gasteiger partial charge in [-0.1, -0.05) is 13.0 Å². The van der Waals surface area contributed by atoms with E-state index in [9.17, 15) is 0 Å². The summed E-state index contributed by atoms with van der Waals surface area (Å²) in [5, 5.41) is 12.3. The van der Waals surface area contributed by atoms with Crippen LogP contribution in [0.2, 0.25) is 0 Å². The molecule has 0 fully saturated rings. The maximum atomic E-state index is 8.86. The highest BCUT2D eigenvalue weighted by Crippen LogP contribution is 2.15. The van der Waals surface area contributed by atoms with Gasteiger partial charge in [0.25, 0.3) is 0 Å². The second kappa shape index (κ2) is 7.25. The largest absolute Gasteiger partial charge is 0.395 e. The molecule has 0 aromatic carbocycles. The minimum Gasteiger partial charge on any atom is -0.395 e. The number of hydrogen-bond acceptors (Lipinski definition) is 4. The lowest BCUT2D eigenvalue weighted by Crippen LogP contribution is -2.23. The molecule has 1 aromatic rings. The maximum absolute atomic E-state index is 8.86. The molecule has 2 N–H and O–H groups in total. The van der Waals surface area contributed by atoms with E-state index >= 15 is 0 Å². The summed E-state index contributed by atoms with van der Waals surface area (Å²) in [7, 11) is 1.93. The molecule has 0 aliphatic carbocycles.